The molecule has 0 aromatic rings. The van der Waals surface area contributed by atoms with Gasteiger partial charge in [-0.25, -0.2) is 0 Å². The number of nitrogens with one attached hydrogen (secondary N) is 1. The number of carbonyl (C=O) groups is 3. The van der Waals surface area contributed by atoms with Crippen LogP contribution in [0.4, 0.5) is 0 Å². The molecule has 1 aliphatic heterocycles. The Balaban J connectivity index is 2.68. The molecule has 0 aromatic heterocycles. The third-order valence-electron chi connectivity index (χ3n) is 3.29. The predicted molar refractivity (Wildman–Crippen MR) is 96.4 cm³/mol. The summed E-state index contributed by atoms with van der Waals surface area (Å²) in [7, 11) is 0. The van der Waals surface area contributed by atoms with E-state index in [1.165, 1.54) is 0 Å². The van der Waals surface area contributed by atoms with Gasteiger partial charge in [-0.3, -0.25) is 0 Å². The number of amides is 1. The first-order valence-electron chi connectivity index (χ1n) is 8.74. The molecule has 1 N–H and O–H groups in total. The Morgan fingerprint density at radius 1 is 1.08 bits per heavy atom. The molecule has 0 spiro atoms. The van der Waals surface area contributed by atoms with Gasteiger partial charge in [0.25, 0.3) is 0 Å². The molecule has 0 radical (unpaired) electrons. The minimum absolute atomic E-state index is 0.0129. The van der Waals surface area contributed by atoms with E-state index < -0.39 is 23.2 Å². The molecule has 144 valence electrons. The molecule has 0 saturated carbocycles. The first kappa shape index (κ1) is 22.0. The Hall–Kier alpha value is -1.07. The van der Waals surface area contributed by atoms with Crippen molar-refractivity contribution in [2.24, 2.45) is 0 Å². The maximum absolute atomic E-state index is 12.4. The van der Waals surface area contributed by atoms with E-state index in [1.54, 1.807) is 41.5 Å². The Labute approximate surface area is 156 Å². The first-order valence-corrected chi connectivity index (χ1v) is 10.9. The minimum atomic E-state index is -0.823. The molecular formula is C18H31NO5Se. The topological polar surface area (TPSA) is 81.7 Å². The summed E-state index contributed by atoms with van der Waals surface area (Å²) in [4.78, 5) is 36.7. The summed E-state index contributed by atoms with van der Waals surface area (Å²) in [5.74, 6) is -0.993. The Morgan fingerprint density at radius 3 is 2.16 bits per heavy atom. The number of hydrogen-bond acceptors (Lipinski definition) is 5. The zero-order valence-electron chi connectivity index (χ0n) is 16.1. The average molecular weight is 420 g/mol. The van der Waals surface area contributed by atoms with Crippen LogP contribution in [0.1, 0.15) is 67.2 Å². The third-order valence-corrected chi connectivity index (χ3v) is 6.18. The van der Waals surface area contributed by atoms with Gasteiger partial charge in [0, 0.05) is 0 Å². The van der Waals surface area contributed by atoms with Crippen LogP contribution >= 0.6 is 0 Å². The molecule has 0 aromatic carbocycles. The van der Waals surface area contributed by atoms with Crippen molar-refractivity contribution in [3.63, 3.8) is 0 Å². The number of hydrogen-bond donors (Lipinski definition) is 1. The second-order valence-corrected chi connectivity index (χ2v) is 11.0. The quantitative estimate of drug-likeness (QED) is 0.528. The average Bonchev–Trinajstić information content (AvgIpc) is 2.93. The van der Waals surface area contributed by atoms with E-state index in [0.29, 0.717) is 0 Å². The standard InChI is InChI=1S/C18H31NO5Se/c1-17(2,3)23-14(20)10-9-12(16(22)24-18(4,5)6)19-15(21)13-8-7-11-25-13/h12-13H,7-11H2,1-6H3,(H,19,21)/t12-,13+/m0/s1. The van der Waals surface area contributed by atoms with Crippen molar-refractivity contribution in [1.82, 2.24) is 5.32 Å². The van der Waals surface area contributed by atoms with E-state index in [-0.39, 0.29) is 44.5 Å². The van der Waals surface area contributed by atoms with Gasteiger partial charge in [-0.2, -0.15) is 0 Å². The molecule has 1 rings (SSSR count). The number of carbonyl (C=O) groups excluding carboxylic acids is 3. The van der Waals surface area contributed by atoms with Crippen LogP contribution in [0.15, 0.2) is 0 Å². The molecule has 25 heavy (non-hydrogen) atoms. The van der Waals surface area contributed by atoms with Gasteiger partial charge in [-0.15, -0.1) is 0 Å². The molecule has 0 aliphatic carbocycles. The van der Waals surface area contributed by atoms with Crippen molar-refractivity contribution in [2.75, 3.05) is 0 Å². The van der Waals surface area contributed by atoms with E-state index in [1.807, 2.05) is 0 Å². The van der Waals surface area contributed by atoms with Gasteiger partial charge in [0.1, 0.15) is 0 Å². The molecule has 1 saturated heterocycles. The molecule has 0 bridgehead atoms. The van der Waals surface area contributed by atoms with Crippen molar-refractivity contribution in [3.05, 3.63) is 0 Å². The number of ether oxygens (including phenoxy) is 2. The van der Waals surface area contributed by atoms with Crippen LogP contribution in [0, 0.1) is 0 Å². The monoisotopic (exact) mass is 421 g/mol. The fraction of sp³-hybridized carbons (Fsp3) is 0.833. The molecule has 6 nitrogen and oxygen atoms in total. The van der Waals surface area contributed by atoms with Gasteiger partial charge in [0.15, 0.2) is 0 Å². The summed E-state index contributed by atoms with van der Waals surface area (Å²) in [6, 6.07) is -0.823. The summed E-state index contributed by atoms with van der Waals surface area (Å²) < 4.78 is 10.7. The van der Waals surface area contributed by atoms with Crippen molar-refractivity contribution in [1.29, 1.82) is 0 Å². The number of esters is 2. The predicted octanol–water partition coefficient (Wildman–Crippen LogP) is 2.64. The van der Waals surface area contributed by atoms with Gasteiger partial charge in [-0.05, 0) is 0 Å². The van der Waals surface area contributed by atoms with Gasteiger partial charge >= 0.3 is 157 Å². The van der Waals surface area contributed by atoms with Crippen LogP contribution in [0.5, 0.6) is 0 Å². The van der Waals surface area contributed by atoms with Gasteiger partial charge in [-0.1, -0.05) is 0 Å². The van der Waals surface area contributed by atoms with Crippen molar-refractivity contribution in [3.8, 4) is 0 Å². The van der Waals surface area contributed by atoms with Crippen molar-refractivity contribution < 1.29 is 23.9 Å². The molecule has 0 unspecified atom stereocenters. The summed E-state index contributed by atoms with van der Waals surface area (Å²) in [5.41, 5.74) is -1.22. The van der Waals surface area contributed by atoms with E-state index >= 15 is 0 Å². The summed E-state index contributed by atoms with van der Waals surface area (Å²) in [5, 5.41) is 3.89. The van der Waals surface area contributed by atoms with E-state index in [2.05, 4.69) is 5.32 Å². The first-order chi connectivity index (χ1) is 11.4. The van der Waals surface area contributed by atoms with Crippen LogP contribution in [0.3, 0.4) is 0 Å². The molecule has 1 amide bonds. The fourth-order valence-electron chi connectivity index (χ4n) is 2.33. The van der Waals surface area contributed by atoms with E-state index in [9.17, 15) is 14.4 Å². The summed E-state index contributed by atoms with van der Waals surface area (Å²) in [6.07, 6.45) is 2.17. The molecule has 1 aliphatic rings. The Bertz CT molecular complexity index is 487. The SMILES string of the molecule is CC(C)(C)OC(=O)CC[C@H](NC(=O)[C@H]1CCC[Se]1)C(=O)OC(C)(C)C. The van der Waals surface area contributed by atoms with E-state index in [0.717, 1.165) is 18.2 Å². The number of rotatable bonds is 6. The van der Waals surface area contributed by atoms with Crippen LogP contribution in [-0.2, 0) is 23.9 Å². The zero-order chi connectivity index (χ0) is 19.3. The van der Waals surface area contributed by atoms with Crippen LogP contribution in [0.25, 0.3) is 0 Å². The second kappa shape index (κ2) is 9.04. The molecule has 1 heterocycles. The van der Waals surface area contributed by atoms with Gasteiger partial charge in [0.2, 0.25) is 0 Å². The van der Waals surface area contributed by atoms with Gasteiger partial charge < -0.3 is 0 Å². The molecular weight excluding hydrogens is 389 g/mol. The summed E-state index contributed by atoms with van der Waals surface area (Å²) in [6.45, 7) is 10.7. The molecule has 1 fully saturated rings. The van der Waals surface area contributed by atoms with Crippen LogP contribution < -0.4 is 5.32 Å². The second-order valence-electron chi connectivity index (χ2n) is 8.22. The Kier molecular flexibility index (Phi) is 7.94. The normalized spacial score (nSPS) is 19.2. The fourth-order valence-corrected chi connectivity index (χ4v) is 4.78. The third kappa shape index (κ3) is 9.26. The molecule has 2 atom stereocenters. The zero-order valence-corrected chi connectivity index (χ0v) is 17.9. The van der Waals surface area contributed by atoms with Crippen LogP contribution in [0.2, 0.25) is 10.1 Å². The molecule has 7 heteroatoms. The van der Waals surface area contributed by atoms with Crippen molar-refractivity contribution >= 4 is 32.8 Å². The Morgan fingerprint density at radius 2 is 1.68 bits per heavy atom. The van der Waals surface area contributed by atoms with E-state index in [4.69, 9.17) is 9.47 Å². The summed E-state index contributed by atoms with van der Waals surface area (Å²) >= 11 is 0.285. The maximum atomic E-state index is 12.4. The van der Waals surface area contributed by atoms with Gasteiger partial charge in [0.05, 0.1) is 0 Å². The van der Waals surface area contributed by atoms with Crippen LogP contribution in [-0.4, -0.2) is 50.0 Å². The van der Waals surface area contributed by atoms with Crippen molar-refractivity contribution in [2.45, 2.75) is 94.6 Å².